The third kappa shape index (κ3) is 3.00. The number of aryl methyl sites for hydroxylation is 1. The predicted octanol–water partition coefficient (Wildman–Crippen LogP) is 4.09. The molecule has 0 aliphatic rings. The molecule has 0 N–H and O–H groups in total. The minimum absolute atomic E-state index is 0.248. The second-order valence-corrected chi connectivity index (χ2v) is 5.59. The number of thiazole rings is 1. The minimum atomic E-state index is -0.465. The molecule has 7 heteroatoms. The number of aromatic nitrogens is 2. The Kier molecular flexibility index (Phi) is 4.20. The molecule has 2 heterocycles. The van der Waals surface area contributed by atoms with Crippen LogP contribution in [-0.2, 0) is 4.74 Å². The van der Waals surface area contributed by atoms with E-state index in [0.717, 1.165) is 0 Å². The van der Waals surface area contributed by atoms with Gasteiger partial charge in [0, 0.05) is 10.9 Å². The fraction of sp³-hybridized carbons (Fsp3) is 0.188. The van der Waals surface area contributed by atoms with Gasteiger partial charge in [-0.05, 0) is 38.1 Å². The number of hydrogen-bond donors (Lipinski definition) is 0. The smallest absolute Gasteiger partial charge is 0.357 e. The Hall–Kier alpha value is -2.54. The van der Waals surface area contributed by atoms with E-state index < -0.39 is 5.97 Å². The maximum atomic E-state index is 13.1. The van der Waals surface area contributed by atoms with Crippen molar-refractivity contribution in [1.82, 2.24) is 10.1 Å². The summed E-state index contributed by atoms with van der Waals surface area (Å²) in [5.74, 6) is -0.212. The van der Waals surface area contributed by atoms with Crippen LogP contribution in [-0.4, -0.2) is 22.7 Å². The highest BCUT2D eigenvalue weighted by atomic mass is 32.1. The van der Waals surface area contributed by atoms with Gasteiger partial charge < -0.3 is 9.26 Å². The SMILES string of the molecule is CCOC(=O)c1csc(-c2c(-c3ccc(F)cc3)noc2C)n1. The zero-order chi connectivity index (χ0) is 16.4. The number of hydrogen-bond acceptors (Lipinski definition) is 6. The van der Waals surface area contributed by atoms with Crippen molar-refractivity contribution < 1.29 is 18.4 Å². The van der Waals surface area contributed by atoms with Crippen LogP contribution in [0.25, 0.3) is 21.8 Å². The number of benzene rings is 1. The molecule has 0 fully saturated rings. The lowest BCUT2D eigenvalue weighted by Crippen LogP contribution is -2.04. The summed E-state index contributed by atoms with van der Waals surface area (Å²) in [6, 6.07) is 5.95. The number of rotatable bonds is 4. The molecule has 0 saturated heterocycles. The molecule has 0 bridgehead atoms. The molecule has 118 valence electrons. The number of carbonyl (C=O) groups is 1. The first kappa shape index (κ1) is 15.4. The van der Waals surface area contributed by atoms with E-state index in [9.17, 15) is 9.18 Å². The van der Waals surface area contributed by atoms with Crippen LogP contribution >= 0.6 is 11.3 Å². The summed E-state index contributed by atoms with van der Waals surface area (Å²) in [4.78, 5) is 16.1. The maximum Gasteiger partial charge on any atom is 0.357 e. The van der Waals surface area contributed by atoms with Crippen molar-refractivity contribution in [1.29, 1.82) is 0 Å². The van der Waals surface area contributed by atoms with E-state index in [4.69, 9.17) is 9.26 Å². The summed E-state index contributed by atoms with van der Waals surface area (Å²) in [5, 5.41) is 6.27. The van der Waals surface area contributed by atoms with Gasteiger partial charge in [-0.25, -0.2) is 14.2 Å². The molecule has 1 aromatic carbocycles. The summed E-state index contributed by atoms with van der Waals surface area (Å²) in [5.41, 5.74) is 2.22. The molecule has 0 aliphatic carbocycles. The normalized spacial score (nSPS) is 10.7. The van der Waals surface area contributed by atoms with Gasteiger partial charge in [0.05, 0.1) is 12.2 Å². The molecule has 0 atom stereocenters. The van der Waals surface area contributed by atoms with E-state index in [-0.39, 0.29) is 11.5 Å². The molecule has 0 saturated carbocycles. The maximum absolute atomic E-state index is 13.1. The molecule has 0 unspecified atom stereocenters. The Morgan fingerprint density at radius 1 is 1.35 bits per heavy atom. The van der Waals surface area contributed by atoms with Gasteiger partial charge in [-0.1, -0.05) is 5.16 Å². The Bertz CT molecular complexity index is 839. The summed E-state index contributed by atoms with van der Waals surface area (Å²) in [6.07, 6.45) is 0. The van der Waals surface area contributed by atoms with Gasteiger partial charge in [0.1, 0.15) is 22.3 Å². The molecule has 3 rings (SSSR count). The minimum Gasteiger partial charge on any atom is -0.461 e. The van der Waals surface area contributed by atoms with Crippen LogP contribution in [0.2, 0.25) is 0 Å². The van der Waals surface area contributed by atoms with Crippen LogP contribution in [0, 0.1) is 12.7 Å². The Labute approximate surface area is 135 Å². The lowest BCUT2D eigenvalue weighted by molar-refractivity contribution is 0.0520. The van der Waals surface area contributed by atoms with E-state index in [0.29, 0.717) is 34.2 Å². The van der Waals surface area contributed by atoms with Crippen molar-refractivity contribution in [2.45, 2.75) is 13.8 Å². The van der Waals surface area contributed by atoms with Crippen molar-refractivity contribution >= 4 is 17.3 Å². The highest BCUT2D eigenvalue weighted by molar-refractivity contribution is 7.13. The zero-order valence-corrected chi connectivity index (χ0v) is 13.3. The zero-order valence-electron chi connectivity index (χ0n) is 12.5. The molecular formula is C16H13FN2O3S. The number of nitrogens with zero attached hydrogens (tertiary/aromatic N) is 2. The van der Waals surface area contributed by atoms with Crippen molar-refractivity contribution in [3.63, 3.8) is 0 Å². The quantitative estimate of drug-likeness (QED) is 0.673. The van der Waals surface area contributed by atoms with Crippen LogP contribution in [0.5, 0.6) is 0 Å². The standard InChI is InChI=1S/C16H13FN2O3S/c1-3-21-16(20)12-8-23-15(18-12)13-9(2)22-19-14(13)10-4-6-11(17)7-5-10/h4-8H,3H2,1-2H3. The Balaban J connectivity index is 2.02. The number of halogens is 1. The first-order chi connectivity index (χ1) is 11.1. The molecule has 0 amide bonds. The second kappa shape index (κ2) is 6.29. The van der Waals surface area contributed by atoms with Gasteiger partial charge in [0.25, 0.3) is 0 Å². The molecule has 5 nitrogen and oxygen atoms in total. The molecule has 2 aromatic heterocycles. The average Bonchev–Trinajstić information content (AvgIpc) is 3.15. The second-order valence-electron chi connectivity index (χ2n) is 4.73. The third-order valence-corrected chi connectivity index (χ3v) is 4.04. The molecule has 0 spiro atoms. The molecule has 0 aliphatic heterocycles. The number of carbonyl (C=O) groups excluding carboxylic acids is 1. The van der Waals surface area contributed by atoms with Crippen LogP contribution in [0.4, 0.5) is 4.39 Å². The first-order valence-electron chi connectivity index (χ1n) is 6.95. The van der Waals surface area contributed by atoms with Gasteiger partial charge in [0.15, 0.2) is 5.69 Å². The van der Waals surface area contributed by atoms with E-state index in [1.807, 2.05) is 0 Å². The van der Waals surface area contributed by atoms with E-state index >= 15 is 0 Å². The van der Waals surface area contributed by atoms with Gasteiger partial charge in [-0.2, -0.15) is 0 Å². The lowest BCUT2D eigenvalue weighted by Gasteiger charge is -2.00. The highest BCUT2D eigenvalue weighted by Crippen LogP contribution is 2.36. The third-order valence-electron chi connectivity index (χ3n) is 3.18. The predicted molar refractivity (Wildman–Crippen MR) is 83.7 cm³/mol. The van der Waals surface area contributed by atoms with Crippen molar-refractivity contribution in [3.8, 4) is 21.8 Å². The van der Waals surface area contributed by atoms with Crippen LogP contribution in [0.3, 0.4) is 0 Å². The fourth-order valence-corrected chi connectivity index (χ4v) is 3.00. The van der Waals surface area contributed by atoms with E-state index in [2.05, 4.69) is 10.1 Å². The van der Waals surface area contributed by atoms with Crippen LogP contribution in [0.1, 0.15) is 23.2 Å². The van der Waals surface area contributed by atoms with E-state index in [1.165, 1.54) is 23.5 Å². The van der Waals surface area contributed by atoms with Gasteiger partial charge in [-0.15, -0.1) is 11.3 Å². The summed E-state index contributed by atoms with van der Waals surface area (Å²) in [6.45, 7) is 3.79. The summed E-state index contributed by atoms with van der Waals surface area (Å²) < 4.78 is 23.3. The molecule has 23 heavy (non-hydrogen) atoms. The Morgan fingerprint density at radius 2 is 2.09 bits per heavy atom. The molecular weight excluding hydrogens is 319 g/mol. The van der Waals surface area contributed by atoms with Crippen LogP contribution in [0.15, 0.2) is 34.2 Å². The van der Waals surface area contributed by atoms with Gasteiger partial charge in [-0.3, -0.25) is 0 Å². The lowest BCUT2D eigenvalue weighted by atomic mass is 10.1. The monoisotopic (exact) mass is 332 g/mol. The fourth-order valence-electron chi connectivity index (χ4n) is 2.12. The van der Waals surface area contributed by atoms with Gasteiger partial charge in [0.2, 0.25) is 0 Å². The first-order valence-corrected chi connectivity index (χ1v) is 7.83. The average molecular weight is 332 g/mol. The van der Waals surface area contributed by atoms with Crippen molar-refractivity contribution in [2.24, 2.45) is 0 Å². The highest BCUT2D eigenvalue weighted by Gasteiger charge is 2.21. The molecule has 3 aromatic rings. The van der Waals surface area contributed by atoms with Crippen molar-refractivity contribution in [3.05, 3.63) is 46.9 Å². The number of esters is 1. The largest absolute Gasteiger partial charge is 0.461 e. The Morgan fingerprint density at radius 3 is 2.78 bits per heavy atom. The van der Waals surface area contributed by atoms with E-state index in [1.54, 1.807) is 31.4 Å². The van der Waals surface area contributed by atoms with Crippen LogP contribution < -0.4 is 0 Å². The van der Waals surface area contributed by atoms with Gasteiger partial charge >= 0.3 is 5.97 Å². The summed E-state index contributed by atoms with van der Waals surface area (Å²) in [7, 11) is 0. The number of ether oxygens (including phenoxy) is 1. The molecule has 0 radical (unpaired) electrons. The topological polar surface area (TPSA) is 65.2 Å². The van der Waals surface area contributed by atoms with Crippen molar-refractivity contribution in [2.75, 3.05) is 6.61 Å². The summed E-state index contributed by atoms with van der Waals surface area (Å²) >= 11 is 1.30.